The van der Waals surface area contributed by atoms with E-state index in [1.54, 1.807) is 26.2 Å². The number of nitrogens with zero attached hydrogens (tertiary/aromatic N) is 4. The number of hydrogen-bond donors (Lipinski definition) is 2. The smallest absolute Gasteiger partial charge is 0.229 e. The van der Waals surface area contributed by atoms with E-state index in [9.17, 15) is 14.7 Å². The number of benzene rings is 1. The number of hydrazine groups is 1. The highest BCUT2D eigenvalue weighted by molar-refractivity contribution is 6.22. The Hall–Kier alpha value is -3.40. The first-order valence-corrected chi connectivity index (χ1v) is 7.93. The second kappa shape index (κ2) is 6.72. The van der Waals surface area contributed by atoms with Crippen LogP contribution in [0, 0.1) is 0 Å². The molecule has 0 saturated heterocycles. The van der Waals surface area contributed by atoms with Crippen molar-refractivity contribution in [2.24, 2.45) is 0 Å². The van der Waals surface area contributed by atoms with E-state index in [4.69, 9.17) is 15.2 Å². The van der Waals surface area contributed by atoms with Crippen LogP contribution in [0.2, 0.25) is 0 Å². The van der Waals surface area contributed by atoms with E-state index < -0.39 is 23.5 Å². The zero-order valence-electron chi connectivity index (χ0n) is 15.3. The number of anilines is 2. The van der Waals surface area contributed by atoms with Crippen molar-refractivity contribution < 1.29 is 24.2 Å². The number of aromatic hydroxyl groups is 1. The van der Waals surface area contributed by atoms with E-state index in [2.05, 4.69) is 9.97 Å². The molecule has 10 nitrogen and oxygen atoms in total. The van der Waals surface area contributed by atoms with Crippen molar-refractivity contribution in [2.75, 3.05) is 39.1 Å². The summed E-state index contributed by atoms with van der Waals surface area (Å²) in [6.07, 6.45) is 0. The van der Waals surface area contributed by atoms with Crippen LogP contribution in [-0.4, -0.2) is 66.0 Å². The zero-order chi connectivity index (χ0) is 19.9. The average Bonchev–Trinajstić information content (AvgIpc) is 2.64. The van der Waals surface area contributed by atoms with Crippen LogP contribution in [0.3, 0.4) is 0 Å². The van der Waals surface area contributed by atoms with E-state index in [1.807, 2.05) is 0 Å². The molecule has 1 atom stereocenters. The fourth-order valence-corrected chi connectivity index (χ4v) is 2.97. The lowest BCUT2D eigenvalue weighted by Crippen LogP contribution is -2.56. The number of nitrogen functional groups attached to an aromatic ring is 1. The summed E-state index contributed by atoms with van der Waals surface area (Å²) in [6.45, 7) is 0. The maximum Gasteiger partial charge on any atom is 0.229 e. The minimum atomic E-state index is -1.21. The zero-order valence-corrected chi connectivity index (χ0v) is 15.3. The summed E-state index contributed by atoms with van der Waals surface area (Å²) in [6, 6.07) is 3.41. The molecule has 0 bridgehead atoms. The van der Waals surface area contributed by atoms with Crippen LogP contribution in [-0.2, 0) is 0 Å². The molecular weight excluding hydrogens is 354 g/mol. The van der Waals surface area contributed by atoms with Crippen molar-refractivity contribution in [3.8, 4) is 17.4 Å². The van der Waals surface area contributed by atoms with Crippen molar-refractivity contribution in [1.82, 2.24) is 15.0 Å². The Kier molecular flexibility index (Phi) is 4.58. The average molecular weight is 373 g/mol. The molecule has 2 heterocycles. The van der Waals surface area contributed by atoms with Crippen LogP contribution < -0.4 is 20.2 Å². The van der Waals surface area contributed by atoms with Gasteiger partial charge in [0, 0.05) is 19.7 Å². The SMILES string of the molecule is COc1ccc(C(=O)C2C(=O)c3c(O)nc(N)nc3N(C)N2C)cc1OC. The van der Waals surface area contributed by atoms with Crippen molar-refractivity contribution >= 4 is 23.3 Å². The van der Waals surface area contributed by atoms with Gasteiger partial charge in [-0.3, -0.25) is 14.6 Å². The standard InChI is InChI=1S/C17H19N5O5/c1-21-12(13(23)8-5-6-9(26-3)10(7-8)27-4)14(24)11-15(22(21)2)19-17(18)20-16(11)25/h5-7,12H,1-4H3,(H3,18,19,20,25). The fourth-order valence-electron chi connectivity index (χ4n) is 2.97. The number of ketones is 2. The molecule has 1 unspecified atom stereocenters. The Morgan fingerprint density at radius 1 is 1.19 bits per heavy atom. The van der Waals surface area contributed by atoms with Crippen LogP contribution in [0.5, 0.6) is 17.4 Å². The number of likely N-dealkylation sites (N-methyl/N-ethyl adjacent to an activating group) is 1. The predicted octanol–water partition coefficient (Wildman–Crippen LogP) is 0.512. The van der Waals surface area contributed by atoms with E-state index >= 15 is 0 Å². The van der Waals surface area contributed by atoms with Crippen molar-refractivity contribution in [3.63, 3.8) is 0 Å². The van der Waals surface area contributed by atoms with Gasteiger partial charge in [-0.1, -0.05) is 0 Å². The van der Waals surface area contributed by atoms with Crippen LogP contribution in [0.25, 0.3) is 0 Å². The normalized spacial score (nSPS) is 16.8. The number of carbonyl (C=O) groups is 2. The van der Waals surface area contributed by atoms with Gasteiger partial charge in [0.1, 0.15) is 5.56 Å². The Balaban J connectivity index is 2.06. The van der Waals surface area contributed by atoms with Crippen molar-refractivity contribution in [3.05, 3.63) is 29.3 Å². The van der Waals surface area contributed by atoms with Gasteiger partial charge in [0.05, 0.1) is 14.2 Å². The predicted molar refractivity (Wildman–Crippen MR) is 96.3 cm³/mol. The third-order valence-electron chi connectivity index (χ3n) is 4.45. The van der Waals surface area contributed by atoms with Crippen molar-refractivity contribution in [2.45, 2.75) is 6.04 Å². The van der Waals surface area contributed by atoms with E-state index in [0.29, 0.717) is 11.5 Å². The van der Waals surface area contributed by atoms with Crippen LogP contribution >= 0.6 is 0 Å². The molecule has 10 heteroatoms. The van der Waals surface area contributed by atoms with E-state index in [1.165, 1.54) is 30.3 Å². The Bertz CT molecular complexity index is 932. The molecule has 1 aromatic heterocycles. The largest absolute Gasteiger partial charge is 0.493 e. The van der Waals surface area contributed by atoms with Gasteiger partial charge in [-0.05, 0) is 18.2 Å². The molecule has 0 spiro atoms. The summed E-state index contributed by atoms with van der Waals surface area (Å²) >= 11 is 0. The summed E-state index contributed by atoms with van der Waals surface area (Å²) in [5.41, 5.74) is 5.65. The second-order valence-electron chi connectivity index (χ2n) is 5.90. The van der Waals surface area contributed by atoms with Crippen LogP contribution in [0.15, 0.2) is 18.2 Å². The molecule has 0 saturated carbocycles. The molecule has 3 rings (SSSR count). The number of Topliss-reactive ketones (excluding diaryl/α,β-unsaturated/α-hetero) is 2. The van der Waals surface area contributed by atoms with Gasteiger partial charge in [-0.15, -0.1) is 0 Å². The Morgan fingerprint density at radius 2 is 1.85 bits per heavy atom. The van der Waals surface area contributed by atoms with Crippen molar-refractivity contribution in [1.29, 1.82) is 0 Å². The van der Waals surface area contributed by atoms with Gasteiger partial charge in [-0.2, -0.15) is 9.97 Å². The Labute approximate surface area is 155 Å². The van der Waals surface area contributed by atoms with Gasteiger partial charge in [0.2, 0.25) is 11.8 Å². The molecule has 0 fully saturated rings. The summed E-state index contributed by atoms with van der Waals surface area (Å²) in [7, 11) is 6.11. The second-order valence-corrected chi connectivity index (χ2v) is 5.90. The quantitative estimate of drug-likeness (QED) is 0.577. The number of methoxy groups -OCH3 is 2. The molecule has 1 aliphatic rings. The number of hydrogen-bond acceptors (Lipinski definition) is 10. The van der Waals surface area contributed by atoms with Gasteiger partial charge in [-0.25, -0.2) is 5.01 Å². The Morgan fingerprint density at radius 3 is 2.48 bits per heavy atom. The molecular formula is C17H19N5O5. The maximum atomic E-state index is 13.1. The number of fused-ring (bicyclic) bond motifs is 1. The molecule has 142 valence electrons. The molecule has 0 radical (unpaired) electrons. The lowest BCUT2D eigenvalue weighted by Gasteiger charge is -2.39. The third kappa shape index (κ3) is 2.89. The molecule has 1 aromatic carbocycles. The minimum absolute atomic E-state index is 0.129. The summed E-state index contributed by atoms with van der Waals surface area (Å²) in [4.78, 5) is 33.7. The third-order valence-corrected chi connectivity index (χ3v) is 4.45. The van der Waals surface area contributed by atoms with E-state index in [-0.39, 0.29) is 22.9 Å². The molecule has 2 aromatic rings. The number of carbonyl (C=O) groups excluding carboxylic acids is 2. The van der Waals surface area contributed by atoms with Gasteiger partial charge in [0.15, 0.2) is 34.9 Å². The molecule has 3 N–H and O–H groups in total. The summed E-state index contributed by atoms with van der Waals surface area (Å²) in [5, 5.41) is 13.0. The summed E-state index contributed by atoms with van der Waals surface area (Å²) < 4.78 is 10.4. The highest BCUT2D eigenvalue weighted by atomic mass is 16.5. The monoisotopic (exact) mass is 373 g/mol. The lowest BCUT2D eigenvalue weighted by molar-refractivity contribution is 0.0700. The first-order valence-electron chi connectivity index (χ1n) is 7.93. The first-order chi connectivity index (χ1) is 12.8. The maximum absolute atomic E-state index is 13.1. The number of nitrogens with two attached hydrogens (primary N) is 1. The number of rotatable bonds is 4. The molecule has 0 aliphatic carbocycles. The minimum Gasteiger partial charge on any atom is -0.493 e. The first kappa shape index (κ1) is 18.4. The molecule has 27 heavy (non-hydrogen) atoms. The van der Waals surface area contributed by atoms with Gasteiger partial charge >= 0.3 is 0 Å². The van der Waals surface area contributed by atoms with Crippen LogP contribution in [0.1, 0.15) is 20.7 Å². The fraction of sp³-hybridized carbons (Fsp3) is 0.294. The topological polar surface area (TPSA) is 131 Å². The highest BCUT2D eigenvalue weighted by Gasteiger charge is 2.43. The lowest BCUT2D eigenvalue weighted by atomic mass is 9.94. The molecule has 0 amide bonds. The number of aromatic nitrogens is 2. The van der Waals surface area contributed by atoms with Gasteiger partial charge in [0.25, 0.3) is 0 Å². The van der Waals surface area contributed by atoms with E-state index in [0.717, 1.165) is 0 Å². The van der Waals surface area contributed by atoms with Gasteiger partial charge < -0.3 is 20.3 Å². The van der Waals surface area contributed by atoms with Crippen LogP contribution in [0.4, 0.5) is 11.8 Å². The summed E-state index contributed by atoms with van der Waals surface area (Å²) in [5.74, 6) is -0.885. The highest BCUT2D eigenvalue weighted by Crippen LogP contribution is 2.35. The number of ether oxygens (including phenoxy) is 2. The molecule has 1 aliphatic heterocycles.